The predicted molar refractivity (Wildman–Crippen MR) is 76.8 cm³/mol. The number of hydrogen-bond acceptors (Lipinski definition) is 2. The second kappa shape index (κ2) is 6.60. The summed E-state index contributed by atoms with van der Waals surface area (Å²) in [6.07, 6.45) is 0.511. The van der Waals surface area contributed by atoms with E-state index in [4.69, 9.17) is 4.74 Å². The van der Waals surface area contributed by atoms with Gasteiger partial charge in [0.1, 0.15) is 5.75 Å². The number of methoxy groups -OCH3 is 1. The van der Waals surface area contributed by atoms with E-state index in [1.807, 2.05) is 26.0 Å². The Balaban J connectivity index is 3.09. The van der Waals surface area contributed by atoms with Gasteiger partial charge in [-0.2, -0.15) is 0 Å². The monoisotopic (exact) mass is 264 g/mol. The van der Waals surface area contributed by atoms with Gasteiger partial charge in [-0.15, -0.1) is 0 Å². The van der Waals surface area contributed by atoms with Crippen molar-refractivity contribution < 1.29 is 14.6 Å². The first kappa shape index (κ1) is 15.5. The molecule has 0 fully saturated rings. The first-order valence-electron chi connectivity index (χ1n) is 6.76. The fourth-order valence-corrected chi connectivity index (χ4v) is 2.16. The zero-order chi connectivity index (χ0) is 14.6. The Morgan fingerprint density at radius 2 is 1.89 bits per heavy atom. The van der Waals surface area contributed by atoms with Gasteiger partial charge in [0.05, 0.1) is 13.0 Å². The highest BCUT2D eigenvalue weighted by Gasteiger charge is 2.23. The van der Waals surface area contributed by atoms with Gasteiger partial charge in [0.15, 0.2) is 0 Å². The molecule has 0 heterocycles. The molecular weight excluding hydrogens is 240 g/mol. The molecule has 1 aromatic carbocycles. The highest BCUT2D eigenvalue weighted by molar-refractivity contribution is 5.71. The van der Waals surface area contributed by atoms with Crippen molar-refractivity contribution in [3.05, 3.63) is 29.3 Å². The molecule has 1 rings (SSSR count). The quantitative estimate of drug-likeness (QED) is 0.851. The van der Waals surface area contributed by atoms with E-state index < -0.39 is 5.97 Å². The van der Waals surface area contributed by atoms with Gasteiger partial charge in [-0.25, -0.2) is 0 Å². The lowest BCUT2D eigenvalue weighted by Gasteiger charge is -2.19. The van der Waals surface area contributed by atoms with Crippen LogP contribution in [0.25, 0.3) is 0 Å². The number of ether oxygens (including phenoxy) is 1. The number of benzene rings is 1. The average molecular weight is 264 g/mol. The fourth-order valence-electron chi connectivity index (χ4n) is 2.16. The highest BCUT2D eigenvalue weighted by atomic mass is 16.5. The largest absolute Gasteiger partial charge is 0.496 e. The molecular formula is C16H24O3. The summed E-state index contributed by atoms with van der Waals surface area (Å²) < 4.78 is 5.35. The Morgan fingerprint density at radius 1 is 1.26 bits per heavy atom. The molecule has 0 saturated heterocycles. The van der Waals surface area contributed by atoms with Gasteiger partial charge in [0.25, 0.3) is 0 Å². The number of aliphatic carboxylic acids is 1. The first-order valence-corrected chi connectivity index (χ1v) is 6.76. The Labute approximate surface area is 115 Å². The zero-order valence-electron chi connectivity index (χ0n) is 12.4. The molecule has 0 saturated carbocycles. The van der Waals surface area contributed by atoms with Crippen LogP contribution in [0.3, 0.4) is 0 Å². The Hall–Kier alpha value is -1.51. The SMILES string of the molecule is COc1ccc(C(C)C)cc1CC(C(=O)O)C(C)C. The molecule has 0 aliphatic heterocycles. The lowest BCUT2D eigenvalue weighted by atomic mass is 9.87. The summed E-state index contributed by atoms with van der Waals surface area (Å²) in [5.74, 6) is 0.177. The van der Waals surface area contributed by atoms with E-state index in [0.717, 1.165) is 11.3 Å². The zero-order valence-corrected chi connectivity index (χ0v) is 12.4. The van der Waals surface area contributed by atoms with Crippen LogP contribution in [0.15, 0.2) is 18.2 Å². The minimum Gasteiger partial charge on any atom is -0.496 e. The van der Waals surface area contributed by atoms with E-state index in [1.165, 1.54) is 5.56 Å². The van der Waals surface area contributed by atoms with Crippen LogP contribution in [-0.4, -0.2) is 18.2 Å². The van der Waals surface area contributed by atoms with Crippen LogP contribution >= 0.6 is 0 Å². The number of rotatable bonds is 6. The number of carboxylic acids is 1. The van der Waals surface area contributed by atoms with Crippen LogP contribution in [0, 0.1) is 11.8 Å². The normalized spacial score (nSPS) is 12.8. The third kappa shape index (κ3) is 3.98. The van der Waals surface area contributed by atoms with Crippen molar-refractivity contribution in [1.29, 1.82) is 0 Å². The predicted octanol–water partition coefficient (Wildman–Crippen LogP) is 3.72. The molecule has 0 radical (unpaired) electrons. The number of carboxylic acid groups (broad SMARTS) is 1. The van der Waals surface area contributed by atoms with Crippen LogP contribution in [0.5, 0.6) is 5.75 Å². The molecule has 1 N–H and O–H groups in total. The van der Waals surface area contributed by atoms with E-state index in [2.05, 4.69) is 19.9 Å². The summed E-state index contributed by atoms with van der Waals surface area (Å²) >= 11 is 0. The topological polar surface area (TPSA) is 46.5 Å². The van der Waals surface area contributed by atoms with Crippen LogP contribution in [0.4, 0.5) is 0 Å². The minimum absolute atomic E-state index is 0.102. The smallest absolute Gasteiger partial charge is 0.307 e. The van der Waals surface area contributed by atoms with Crippen molar-refractivity contribution >= 4 is 5.97 Å². The Bertz CT molecular complexity index is 436. The maximum atomic E-state index is 11.3. The molecule has 0 bridgehead atoms. The second-order valence-electron chi connectivity index (χ2n) is 5.62. The van der Waals surface area contributed by atoms with Crippen molar-refractivity contribution in [2.75, 3.05) is 7.11 Å². The first-order chi connectivity index (χ1) is 8.86. The maximum absolute atomic E-state index is 11.3. The van der Waals surface area contributed by atoms with Crippen molar-refractivity contribution in [1.82, 2.24) is 0 Å². The third-order valence-electron chi connectivity index (χ3n) is 3.53. The Kier molecular flexibility index (Phi) is 5.40. The van der Waals surface area contributed by atoms with E-state index in [1.54, 1.807) is 7.11 Å². The van der Waals surface area contributed by atoms with E-state index in [9.17, 15) is 9.90 Å². The maximum Gasteiger partial charge on any atom is 0.307 e. The van der Waals surface area contributed by atoms with Crippen LogP contribution in [-0.2, 0) is 11.2 Å². The summed E-state index contributed by atoms with van der Waals surface area (Å²) in [7, 11) is 1.62. The van der Waals surface area contributed by atoms with Crippen LogP contribution in [0.1, 0.15) is 44.7 Å². The molecule has 0 aliphatic carbocycles. The second-order valence-corrected chi connectivity index (χ2v) is 5.62. The van der Waals surface area contributed by atoms with Crippen molar-refractivity contribution in [3.63, 3.8) is 0 Å². The molecule has 3 heteroatoms. The van der Waals surface area contributed by atoms with Crippen molar-refractivity contribution in [2.24, 2.45) is 11.8 Å². The van der Waals surface area contributed by atoms with Gasteiger partial charge < -0.3 is 9.84 Å². The van der Waals surface area contributed by atoms with Crippen molar-refractivity contribution in [2.45, 2.75) is 40.0 Å². The van der Waals surface area contributed by atoms with Crippen LogP contribution < -0.4 is 4.74 Å². The molecule has 19 heavy (non-hydrogen) atoms. The van der Waals surface area contributed by atoms with Crippen molar-refractivity contribution in [3.8, 4) is 5.75 Å². The molecule has 0 aromatic heterocycles. The molecule has 1 atom stereocenters. The van der Waals surface area contributed by atoms with Gasteiger partial charge in [0.2, 0.25) is 0 Å². The third-order valence-corrected chi connectivity index (χ3v) is 3.53. The number of carbonyl (C=O) groups is 1. The van der Waals surface area contributed by atoms with E-state index >= 15 is 0 Å². The standard InChI is InChI=1S/C16H24O3/c1-10(2)12-6-7-15(19-5)13(8-12)9-14(11(3)4)16(17)18/h6-8,10-11,14H,9H2,1-5H3,(H,17,18). The van der Waals surface area contributed by atoms with Gasteiger partial charge in [0, 0.05) is 0 Å². The highest BCUT2D eigenvalue weighted by Crippen LogP contribution is 2.28. The summed E-state index contributed by atoms with van der Waals surface area (Å²) in [6, 6.07) is 6.05. The molecule has 1 unspecified atom stereocenters. The molecule has 0 aliphatic rings. The lowest BCUT2D eigenvalue weighted by Crippen LogP contribution is -2.22. The van der Waals surface area contributed by atoms with Gasteiger partial charge in [-0.1, -0.05) is 39.8 Å². The lowest BCUT2D eigenvalue weighted by molar-refractivity contribution is -0.143. The van der Waals surface area contributed by atoms with E-state index in [0.29, 0.717) is 12.3 Å². The summed E-state index contributed by atoms with van der Waals surface area (Å²) in [5.41, 5.74) is 2.19. The molecule has 3 nitrogen and oxygen atoms in total. The summed E-state index contributed by atoms with van der Waals surface area (Å²) in [4.78, 5) is 11.3. The van der Waals surface area contributed by atoms with Gasteiger partial charge >= 0.3 is 5.97 Å². The Morgan fingerprint density at radius 3 is 2.32 bits per heavy atom. The minimum atomic E-state index is -0.744. The molecule has 1 aromatic rings. The number of hydrogen-bond donors (Lipinski definition) is 1. The van der Waals surface area contributed by atoms with E-state index in [-0.39, 0.29) is 11.8 Å². The fraction of sp³-hybridized carbons (Fsp3) is 0.562. The molecule has 0 amide bonds. The summed E-state index contributed by atoms with van der Waals surface area (Å²) in [5, 5.41) is 9.31. The summed E-state index contributed by atoms with van der Waals surface area (Å²) in [6.45, 7) is 8.14. The molecule has 0 spiro atoms. The molecule has 106 valence electrons. The average Bonchev–Trinajstić information content (AvgIpc) is 2.34. The van der Waals surface area contributed by atoms with Gasteiger partial charge in [-0.05, 0) is 35.4 Å². The van der Waals surface area contributed by atoms with Crippen LogP contribution in [0.2, 0.25) is 0 Å². The van der Waals surface area contributed by atoms with Gasteiger partial charge in [-0.3, -0.25) is 4.79 Å².